The van der Waals surface area contributed by atoms with Crippen molar-refractivity contribution in [2.45, 2.75) is 39.3 Å². The van der Waals surface area contributed by atoms with E-state index in [9.17, 15) is 4.79 Å². The summed E-state index contributed by atoms with van der Waals surface area (Å²) in [5, 5.41) is 3.47. The second-order valence-corrected chi connectivity index (χ2v) is 8.22. The topological polar surface area (TPSA) is 60.0 Å². The van der Waals surface area contributed by atoms with Crippen LogP contribution in [0.2, 0.25) is 5.02 Å². The van der Waals surface area contributed by atoms with Gasteiger partial charge in [0.15, 0.2) is 11.5 Å². The summed E-state index contributed by atoms with van der Waals surface area (Å²) in [5.74, 6) is 2.10. The third kappa shape index (κ3) is 4.75. The van der Waals surface area contributed by atoms with E-state index < -0.39 is 0 Å². The molecule has 0 saturated carbocycles. The van der Waals surface area contributed by atoms with Crippen LogP contribution in [0, 0.1) is 13.8 Å². The van der Waals surface area contributed by atoms with Crippen molar-refractivity contribution in [3.63, 3.8) is 0 Å². The highest BCUT2D eigenvalue weighted by molar-refractivity contribution is 6.32. The Labute approximate surface area is 182 Å². The monoisotopic (exact) mass is 430 g/mol. The second-order valence-electron chi connectivity index (χ2n) is 7.81. The van der Waals surface area contributed by atoms with Crippen LogP contribution in [0.3, 0.4) is 0 Å². The van der Waals surface area contributed by atoms with Gasteiger partial charge < -0.3 is 24.4 Å². The van der Waals surface area contributed by atoms with Gasteiger partial charge in [-0.05, 0) is 54.8 Å². The van der Waals surface area contributed by atoms with Gasteiger partial charge in [-0.15, -0.1) is 0 Å². The molecule has 4 rings (SSSR count). The van der Waals surface area contributed by atoms with Gasteiger partial charge in [0.2, 0.25) is 0 Å². The summed E-state index contributed by atoms with van der Waals surface area (Å²) < 4.78 is 17.2. The van der Waals surface area contributed by atoms with Crippen molar-refractivity contribution in [3.8, 4) is 17.2 Å². The predicted octanol–water partition coefficient (Wildman–Crippen LogP) is 4.48. The van der Waals surface area contributed by atoms with Gasteiger partial charge in [0, 0.05) is 32.5 Å². The van der Waals surface area contributed by atoms with Crippen molar-refractivity contribution < 1.29 is 19.0 Å². The number of carbonyl (C=O) groups excluding carboxylic acids is 1. The lowest BCUT2D eigenvalue weighted by Crippen LogP contribution is -2.46. The maximum absolute atomic E-state index is 12.6. The first-order chi connectivity index (χ1) is 14.5. The molecule has 0 aliphatic carbocycles. The number of aryl methyl sites for hydroxylation is 2. The number of nitrogens with zero attached hydrogens (tertiary/aromatic N) is 1. The van der Waals surface area contributed by atoms with E-state index in [1.807, 2.05) is 17.0 Å². The van der Waals surface area contributed by atoms with Gasteiger partial charge in [-0.25, -0.2) is 4.79 Å². The van der Waals surface area contributed by atoms with E-state index in [0.717, 1.165) is 24.2 Å². The summed E-state index contributed by atoms with van der Waals surface area (Å²) in [6, 6.07) is 9.76. The number of likely N-dealkylation sites (tertiary alicyclic amines) is 1. The molecule has 30 heavy (non-hydrogen) atoms. The number of urea groups is 1. The van der Waals surface area contributed by atoms with E-state index in [-0.39, 0.29) is 12.1 Å². The zero-order valence-electron chi connectivity index (χ0n) is 17.4. The van der Waals surface area contributed by atoms with Crippen molar-refractivity contribution in [1.82, 2.24) is 10.2 Å². The SMILES string of the molecule is Cc1ccc(OC2CCN(C(=O)NCc3cc(Cl)c4c(c3)OCCO4)CC2)cc1C. The molecule has 2 aromatic rings. The minimum atomic E-state index is -0.0781. The Bertz CT molecular complexity index is 926. The number of ether oxygens (including phenoxy) is 3. The van der Waals surface area contributed by atoms with E-state index in [0.29, 0.717) is 49.4 Å². The molecule has 2 heterocycles. The van der Waals surface area contributed by atoms with Crippen molar-refractivity contribution in [1.29, 1.82) is 0 Å². The fraction of sp³-hybridized carbons (Fsp3) is 0.435. The molecule has 1 fully saturated rings. The molecule has 7 heteroatoms. The molecule has 0 bridgehead atoms. The van der Waals surface area contributed by atoms with Crippen LogP contribution >= 0.6 is 11.6 Å². The number of hydrogen-bond donors (Lipinski definition) is 1. The van der Waals surface area contributed by atoms with Crippen LogP contribution in [0.25, 0.3) is 0 Å². The minimum Gasteiger partial charge on any atom is -0.490 e. The summed E-state index contributed by atoms with van der Waals surface area (Å²) in [6.45, 7) is 6.89. The molecule has 2 amide bonds. The quantitative estimate of drug-likeness (QED) is 0.776. The first-order valence-electron chi connectivity index (χ1n) is 10.3. The average molecular weight is 431 g/mol. The standard InChI is InChI=1S/C23H27ClN2O4/c1-15-3-4-19(11-16(15)2)30-18-5-7-26(8-6-18)23(27)25-14-17-12-20(24)22-21(13-17)28-9-10-29-22/h3-4,11-13,18H,5-10,14H2,1-2H3,(H,25,27). The molecule has 0 aromatic heterocycles. The number of rotatable bonds is 4. The number of nitrogens with one attached hydrogen (secondary N) is 1. The Morgan fingerprint density at radius 1 is 1.13 bits per heavy atom. The molecule has 160 valence electrons. The second kappa shape index (κ2) is 9.04. The molecular formula is C23H27ClN2O4. The Hall–Kier alpha value is -2.60. The molecule has 0 radical (unpaired) electrons. The summed E-state index contributed by atoms with van der Waals surface area (Å²) in [6.07, 6.45) is 1.76. The smallest absolute Gasteiger partial charge is 0.317 e. The number of benzene rings is 2. The van der Waals surface area contributed by atoms with E-state index in [1.165, 1.54) is 11.1 Å². The molecule has 2 aromatic carbocycles. The van der Waals surface area contributed by atoms with Crippen molar-refractivity contribution in [2.24, 2.45) is 0 Å². The molecule has 0 unspecified atom stereocenters. The van der Waals surface area contributed by atoms with Gasteiger partial charge >= 0.3 is 6.03 Å². The van der Waals surface area contributed by atoms with Gasteiger partial charge in [0.1, 0.15) is 25.1 Å². The molecule has 0 atom stereocenters. The van der Waals surface area contributed by atoms with Crippen LogP contribution in [0.15, 0.2) is 30.3 Å². The molecule has 1 N–H and O–H groups in total. The normalized spacial score (nSPS) is 16.3. The summed E-state index contributed by atoms with van der Waals surface area (Å²) in [4.78, 5) is 14.4. The van der Waals surface area contributed by atoms with E-state index >= 15 is 0 Å². The highest BCUT2D eigenvalue weighted by Gasteiger charge is 2.24. The Kier molecular flexibility index (Phi) is 6.23. The predicted molar refractivity (Wildman–Crippen MR) is 116 cm³/mol. The van der Waals surface area contributed by atoms with Crippen LogP contribution in [0.4, 0.5) is 4.79 Å². The Morgan fingerprint density at radius 3 is 2.67 bits per heavy atom. The van der Waals surface area contributed by atoms with Gasteiger partial charge in [-0.2, -0.15) is 0 Å². The zero-order valence-corrected chi connectivity index (χ0v) is 18.1. The number of carbonyl (C=O) groups is 1. The number of piperidine rings is 1. The van der Waals surface area contributed by atoms with E-state index in [2.05, 4.69) is 31.3 Å². The van der Waals surface area contributed by atoms with Gasteiger partial charge in [-0.1, -0.05) is 17.7 Å². The number of fused-ring (bicyclic) bond motifs is 1. The van der Waals surface area contributed by atoms with Crippen molar-refractivity contribution in [3.05, 3.63) is 52.0 Å². The highest BCUT2D eigenvalue weighted by atomic mass is 35.5. The summed E-state index contributed by atoms with van der Waals surface area (Å²) in [5.41, 5.74) is 3.36. The Balaban J connectivity index is 1.26. The molecular weight excluding hydrogens is 404 g/mol. The number of hydrogen-bond acceptors (Lipinski definition) is 4. The van der Waals surface area contributed by atoms with Gasteiger partial charge in [0.25, 0.3) is 0 Å². The first-order valence-corrected chi connectivity index (χ1v) is 10.7. The van der Waals surface area contributed by atoms with Gasteiger partial charge in [-0.3, -0.25) is 0 Å². The first kappa shape index (κ1) is 20.7. The lowest BCUT2D eigenvalue weighted by Gasteiger charge is -2.32. The Morgan fingerprint density at radius 2 is 1.90 bits per heavy atom. The van der Waals surface area contributed by atoms with E-state index in [4.69, 9.17) is 25.8 Å². The fourth-order valence-corrected chi connectivity index (χ4v) is 4.00. The molecule has 0 spiro atoms. The van der Waals surface area contributed by atoms with E-state index in [1.54, 1.807) is 6.07 Å². The van der Waals surface area contributed by atoms with Crippen LogP contribution in [0.1, 0.15) is 29.5 Å². The largest absolute Gasteiger partial charge is 0.490 e. The maximum atomic E-state index is 12.6. The number of amides is 2. The summed E-state index contributed by atoms with van der Waals surface area (Å²) >= 11 is 6.27. The van der Waals surface area contributed by atoms with Crippen LogP contribution in [-0.2, 0) is 6.54 Å². The minimum absolute atomic E-state index is 0.0781. The van der Waals surface area contributed by atoms with Crippen LogP contribution < -0.4 is 19.5 Å². The molecule has 6 nitrogen and oxygen atoms in total. The fourth-order valence-electron chi connectivity index (χ4n) is 3.71. The van der Waals surface area contributed by atoms with Crippen LogP contribution in [0.5, 0.6) is 17.2 Å². The summed E-state index contributed by atoms with van der Waals surface area (Å²) in [7, 11) is 0. The molecule has 2 aliphatic rings. The highest BCUT2D eigenvalue weighted by Crippen LogP contribution is 2.38. The third-order valence-corrected chi connectivity index (χ3v) is 5.89. The van der Waals surface area contributed by atoms with Crippen LogP contribution in [-0.4, -0.2) is 43.3 Å². The van der Waals surface area contributed by atoms with Gasteiger partial charge in [0.05, 0.1) is 5.02 Å². The zero-order chi connectivity index (χ0) is 21.1. The van der Waals surface area contributed by atoms with Crippen molar-refractivity contribution >= 4 is 17.6 Å². The molecule has 2 aliphatic heterocycles. The third-order valence-electron chi connectivity index (χ3n) is 5.61. The average Bonchev–Trinajstić information content (AvgIpc) is 2.75. The maximum Gasteiger partial charge on any atom is 0.317 e. The van der Waals surface area contributed by atoms with Crippen molar-refractivity contribution in [2.75, 3.05) is 26.3 Å². The lowest BCUT2D eigenvalue weighted by molar-refractivity contribution is 0.111. The number of halogens is 1. The lowest BCUT2D eigenvalue weighted by atomic mass is 10.1. The molecule has 1 saturated heterocycles.